The van der Waals surface area contributed by atoms with Gasteiger partial charge in [-0.2, -0.15) is 0 Å². The quantitative estimate of drug-likeness (QED) is 0.883. The van der Waals surface area contributed by atoms with Gasteiger partial charge in [-0.3, -0.25) is 0 Å². The summed E-state index contributed by atoms with van der Waals surface area (Å²) in [5.74, 6) is 0. The van der Waals surface area contributed by atoms with Crippen molar-refractivity contribution in [1.82, 2.24) is 0 Å². The Balaban J connectivity index is 2.03. The van der Waals surface area contributed by atoms with Crippen molar-refractivity contribution in [3.8, 4) is 0 Å². The van der Waals surface area contributed by atoms with Gasteiger partial charge in [0.2, 0.25) is 0 Å². The van der Waals surface area contributed by atoms with E-state index in [4.69, 9.17) is 18.9 Å². The van der Waals surface area contributed by atoms with E-state index in [1.165, 1.54) is 7.11 Å². The summed E-state index contributed by atoms with van der Waals surface area (Å²) in [5, 5.41) is 9.86. The van der Waals surface area contributed by atoms with Gasteiger partial charge >= 0.3 is 0 Å². The van der Waals surface area contributed by atoms with Crippen LogP contribution in [0.4, 0.5) is 0 Å². The van der Waals surface area contributed by atoms with Gasteiger partial charge in [-0.15, -0.1) is 0 Å². The molecule has 1 aromatic rings. The Morgan fingerprint density at radius 1 is 1.05 bits per heavy atom. The molecule has 5 atom stereocenters. The molecular weight excluding hydrogens is 260 g/mol. The van der Waals surface area contributed by atoms with Gasteiger partial charge < -0.3 is 24.1 Å². The number of rotatable bonds is 5. The zero-order chi connectivity index (χ0) is 14.5. The molecule has 112 valence electrons. The van der Waals surface area contributed by atoms with E-state index in [1.807, 2.05) is 37.3 Å². The van der Waals surface area contributed by atoms with Crippen molar-refractivity contribution in [2.24, 2.45) is 0 Å². The molecular formula is C15H22O5. The topological polar surface area (TPSA) is 57.2 Å². The molecule has 0 aliphatic carbocycles. The van der Waals surface area contributed by atoms with E-state index in [2.05, 4.69) is 0 Å². The minimum atomic E-state index is -1.00. The summed E-state index contributed by atoms with van der Waals surface area (Å²) in [5.41, 5.74) is 1.08. The first kappa shape index (κ1) is 15.4. The van der Waals surface area contributed by atoms with Crippen LogP contribution in [0, 0.1) is 0 Å². The predicted octanol–water partition coefficient (Wildman–Crippen LogP) is 1.34. The van der Waals surface area contributed by atoms with Crippen LogP contribution in [0.3, 0.4) is 0 Å². The summed E-state index contributed by atoms with van der Waals surface area (Å²) in [4.78, 5) is 0. The van der Waals surface area contributed by atoms with E-state index in [9.17, 15) is 5.11 Å². The van der Waals surface area contributed by atoms with E-state index in [0.717, 1.165) is 5.56 Å². The fraction of sp³-hybridized carbons (Fsp3) is 0.600. The third-order valence-electron chi connectivity index (χ3n) is 3.57. The van der Waals surface area contributed by atoms with Crippen molar-refractivity contribution in [2.45, 2.75) is 44.2 Å². The number of hydrogen-bond donors (Lipinski definition) is 1. The Kier molecular flexibility index (Phi) is 5.51. The van der Waals surface area contributed by atoms with Gasteiger partial charge in [-0.25, -0.2) is 0 Å². The van der Waals surface area contributed by atoms with Gasteiger partial charge in [0.25, 0.3) is 0 Å². The van der Waals surface area contributed by atoms with Crippen LogP contribution in [0.25, 0.3) is 0 Å². The van der Waals surface area contributed by atoms with Crippen LogP contribution in [0.2, 0.25) is 0 Å². The van der Waals surface area contributed by atoms with Gasteiger partial charge in [0, 0.05) is 14.2 Å². The molecule has 0 saturated carbocycles. The van der Waals surface area contributed by atoms with Crippen LogP contribution >= 0.6 is 0 Å². The largest absolute Gasteiger partial charge is 0.376 e. The van der Waals surface area contributed by atoms with Crippen LogP contribution in [-0.4, -0.2) is 50.0 Å². The Bertz CT molecular complexity index is 397. The Hall–Kier alpha value is -0.980. The lowest BCUT2D eigenvalue weighted by molar-refractivity contribution is -0.296. The summed E-state index contributed by atoms with van der Waals surface area (Å²) in [6.45, 7) is 2.32. The molecule has 5 nitrogen and oxygen atoms in total. The maximum Gasteiger partial charge on any atom is 0.184 e. The molecule has 2 rings (SSSR count). The highest BCUT2D eigenvalue weighted by Gasteiger charge is 2.45. The standard InChI is InChI=1S/C15H22O5/c1-10-12(19-9-11-7-5-4-6-8-11)13(17-2)14(18-3)15(16)20-10/h4-8,10,12-16H,9H2,1-3H3/t10-,12-,13+,14+,15+/m0/s1. The van der Waals surface area contributed by atoms with E-state index in [-0.39, 0.29) is 18.3 Å². The van der Waals surface area contributed by atoms with Crippen molar-refractivity contribution in [2.75, 3.05) is 14.2 Å². The third kappa shape index (κ3) is 3.37. The van der Waals surface area contributed by atoms with Crippen molar-refractivity contribution in [3.63, 3.8) is 0 Å². The average Bonchev–Trinajstić information content (AvgIpc) is 2.46. The van der Waals surface area contributed by atoms with Crippen molar-refractivity contribution in [3.05, 3.63) is 35.9 Å². The minimum absolute atomic E-state index is 0.273. The smallest absolute Gasteiger partial charge is 0.184 e. The summed E-state index contributed by atoms with van der Waals surface area (Å²) < 4.78 is 22.1. The maximum atomic E-state index is 9.86. The molecule has 1 saturated heterocycles. The molecule has 1 aliphatic rings. The third-order valence-corrected chi connectivity index (χ3v) is 3.57. The number of aliphatic hydroxyl groups is 1. The molecule has 0 unspecified atom stereocenters. The molecule has 0 bridgehead atoms. The number of benzene rings is 1. The maximum absolute atomic E-state index is 9.86. The van der Waals surface area contributed by atoms with Gasteiger partial charge in [-0.1, -0.05) is 30.3 Å². The molecule has 1 aliphatic heterocycles. The second kappa shape index (κ2) is 7.15. The normalized spacial score (nSPS) is 34.1. The first-order valence-electron chi connectivity index (χ1n) is 6.72. The Morgan fingerprint density at radius 3 is 2.30 bits per heavy atom. The molecule has 0 aromatic heterocycles. The molecule has 1 heterocycles. The molecule has 20 heavy (non-hydrogen) atoms. The predicted molar refractivity (Wildman–Crippen MR) is 73.2 cm³/mol. The fourth-order valence-electron chi connectivity index (χ4n) is 2.51. The van der Waals surface area contributed by atoms with E-state index in [0.29, 0.717) is 6.61 Å². The lowest BCUT2D eigenvalue weighted by atomic mass is 9.99. The zero-order valence-corrected chi connectivity index (χ0v) is 12.1. The average molecular weight is 282 g/mol. The molecule has 1 aromatic carbocycles. The van der Waals surface area contributed by atoms with Gasteiger partial charge in [0.1, 0.15) is 18.3 Å². The number of aliphatic hydroxyl groups excluding tert-OH is 1. The number of methoxy groups -OCH3 is 2. The second-order valence-corrected chi connectivity index (χ2v) is 4.89. The lowest BCUT2D eigenvalue weighted by Crippen LogP contribution is -2.58. The Morgan fingerprint density at radius 2 is 1.70 bits per heavy atom. The van der Waals surface area contributed by atoms with Crippen LogP contribution in [-0.2, 0) is 25.6 Å². The van der Waals surface area contributed by atoms with Crippen LogP contribution in [0.5, 0.6) is 0 Å². The summed E-state index contributed by atoms with van der Waals surface area (Å²) in [7, 11) is 3.10. The van der Waals surface area contributed by atoms with Crippen LogP contribution in [0.15, 0.2) is 30.3 Å². The zero-order valence-electron chi connectivity index (χ0n) is 12.1. The highest BCUT2D eigenvalue weighted by atomic mass is 16.7. The van der Waals surface area contributed by atoms with Gasteiger partial charge in [0.05, 0.1) is 12.7 Å². The highest BCUT2D eigenvalue weighted by molar-refractivity contribution is 5.13. The Labute approximate surface area is 119 Å². The molecule has 1 fully saturated rings. The monoisotopic (exact) mass is 282 g/mol. The van der Waals surface area contributed by atoms with E-state index < -0.39 is 12.4 Å². The SMILES string of the molecule is CO[C@@H]1[C@@H](OCc2ccccc2)[C@H](C)O[C@@H](O)[C@@H]1OC. The van der Waals surface area contributed by atoms with Gasteiger partial charge in [0.15, 0.2) is 6.29 Å². The minimum Gasteiger partial charge on any atom is -0.376 e. The van der Waals surface area contributed by atoms with Crippen LogP contribution < -0.4 is 0 Å². The lowest BCUT2D eigenvalue weighted by Gasteiger charge is -2.42. The summed E-state index contributed by atoms with van der Waals surface area (Å²) in [6.07, 6.45) is -2.51. The van der Waals surface area contributed by atoms with Crippen LogP contribution in [0.1, 0.15) is 12.5 Å². The first-order valence-corrected chi connectivity index (χ1v) is 6.72. The molecule has 0 spiro atoms. The van der Waals surface area contributed by atoms with Crippen molar-refractivity contribution < 1.29 is 24.1 Å². The van der Waals surface area contributed by atoms with Gasteiger partial charge in [-0.05, 0) is 12.5 Å². The van der Waals surface area contributed by atoms with E-state index in [1.54, 1.807) is 7.11 Å². The fourth-order valence-corrected chi connectivity index (χ4v) is 2.51. The molecule has 0 amide bonds. The van der Waals surface area contributed by atoms with Crippen molar-refractivity contribution >= 4 is 0 Å². The molecule has 5 heteroatoms. The number of ether oxygens (including phenoxy) is 4. The highest BCUT2D eigenvalue weighted by Crippen LogP contribution is 2.26. The second-order valence-electron chi connectivity index (χ2n) is 4.89. The molecule has 1 N–H and O–H groups in total. The van der Waals surface area contributed by atoms with Crippen molar-refractivity contribution in [1.29, 1.82) is 0 Å². The summed E-state index contributed by atoms with van der Waals surface area (Å²) in [6, 6.07) is 9.90. The number of hydrogen-bond acceptors (Lipinski definition) is 5. The molecule has 0 radical (unpaired) electrons. The summed E-state index contributed by atoms with van der Waals surface area (Å²) >= 11 is 0. The first-order chi connectivity index (χ1) is 9.67. The van der Waals surface area contributed by atoms with E-state index >= 15 is 0 Å².